The number of aryl methyl sites for hydroxylation is 1. The molecule has 0 spiro atoms. The zero-order valence-corrected chi connectivity index (χ0v) is 12.2. The van der Waals surface area contributed by atoms with Gasteiger partial charge in [0.25, 0.3) is 0 Å². The van der Waals surface area contributed by atoms with E-state index in [1.807, 2.05) is 20.8 Å². The van der Waals surface area contributed by atoms with Crippen molar-refractivity contribution in [3.8, 4) is 0 Å². The number of hydrogen-bond donors (Lipinski definition) is 0. The van der Waals surface area contributed by atoms with E-state index >= 15 is 0 Å². The Morgan fingerprint density at radius 2 is 1.58 bits per heavy atom. The van der Waals surface area contributed by atoms with Crippen LogP contribution in [0.1, 0.15) is 63.6 Å². The van der Waals surface area contributed by atoms with Crippen LogP contribution >= 0.6 is 0 Å². The molecule has 0 bridgehead atoms. The second kappa shape index (κ2) is 5.98. The van der Waals surface area contributed by atoms with E-state index in [-0.39, 0.29) is 0 Å². The van der Waals surface area contributed by atoms with Crippen molar-refractivity contribution >= 4 is 0 Å². The Morgan fingerprint density at radius 1 is 0.947 bits per heavy atom. The van der Waals surface area contributed by atoms with Gasteiger partial charge in [-0.05, 0) is 35.4 Å². The van der Waals surface area contributed by atoms with Gasteiger partial charge in [-0.15, -0.1) is 0 Å². The molecule has 0 N–H and O–H groups in total. The summed E-state index contributed by atoms with van der Waals surface area (Å²) in [6.07, 6.45) is -0.149. The predicted molar refractivity (Wildman–Crippen MR) is 73.4 cm³/mol. The lowest BCUT2D eigenvalue weighted by Crippen LogP contribution is -2.19. The largest absolute Gasteiger partial charge is 0.416 e. The number of unbranched alkanes of at least 4 members (excludes halogenated alkanes) is 2. The van der Waals surface area contributed by atoms with Crippen molar-refractivity contribution in [1.29, 1.82) is 0 Å². The third-order valence-corrected chi connectivity index (χ3v) is 3.27. The molecular formula is C16H23F3. The van der Waals surface area contributed by atoms with Crippen LogP contribution in [0.25, 0.3) is 0 Å². The molecule has 0 radical (unpaired) electrons. The van der Waals surface area contributed by atoms with E-state index in [1.165, 1.54) is 6.07 Å². The standard InChI is InChI=1S/C16H23F3/c1-5-6-7-8-12-9-10-13(16(17,18)19)14(11-12)15(2,3)4/h9-11H,5-8H2,1-4H3. The molecule has 1 aromatic carbocycles. The van der Waals surface area contributed by atoms with Crippen LogP contribution in [0.5, 0.6) is 0 Å². The van der Waals surface area contributed by atoms with Crippen molar-refractivity contribution in [2.75, 3.05) is 0 Å². The van der Waals surface area contributed by atoms with E-state index in [1.54, 1.807) is 12.1 Å². The van der Waals surface area contributed by atoms with Gasteiger partial charge in [-0.2, -0.15) is 13.2 Å². The zero-order valence-electron chi connectivity index (χ0n) is 12.2. The highest BCUT2D eigenvalue weighted by Crippen LogP contribution is 2.38. The van der Waals surface area contributed by atoms with E-state index in [9.17, 15) is 13.2 Å². The average molecular weight is 272 g/mol. The Bertz CT molecular complexity index is 411. The molecule has 0 aliphatic rings. The minimum absolute atomic E-state index is 0.397. The number of hydrogen-bond acceptors (Lipinski definition) is 0. The first-order chi connectivity index (χ1) is 8.66. The highest BCUT2D eigenvalue weighted by Gasteiger charge is 2.36. The quantitative estimate of drug-likeness (QED) is 0.613. The molecule has 0 atom stereocenters. The normalized spacial score (nSPS) is 12.8. The first-order valence-corrected chi connectivity index (χ1v) is 6.87. The van der Waals surface area contributed by atoms with Crippen molar-refractivity contribution in [2.24, 2.45) is 0 Å². The fraction of sp³-hybridized carbons (Fsp3) is 0.625. The topological polar surface area (TPSA) is 0 Å². The Balaban J connectivity index is 3.10. The van der Waals surface area contributed by atoms with E-state index in [0.717, 1.165) is 31.2 Å². The summed E-state index contributed by atoms with van der Waals surface area (Å²) in [5.41, 5.74) is 0.408. The summed E-state index contributed by atoms with van der Waals surface area (Å²) in [4.78, 5) is 0. The van der Waals surface area contributed by atoms with E-state index in [0.29, 0.717) is 5.56 Å². The maximum Gasteiger partial charge on any atom is 0.416 e. The van der Waals surface area contributed by atoms with Gasteiger partial charge in [0.05, 0.1) is 5.56 Å². The molecule has 3 heteroatoms. The molecule has 0 heterocycles. The lowest BCUT2D eigenvalue weighted by Gasteiger charge is -2.25. The highest BCUT2D eigenvalue weighted by molar-refractivity contribution is 5.38. The number of rotatable bonds is 4. The molecule has 0 amide bonds. The van der Waals surface area contributed by atoms with Crippen LogP contribution in [0.2, 0.25) is 0 Å². The van der Waals surface area contributed by atoms with Gasteiger partial charge < -0.3 is 0 Å². The number of alkyl halides is 3. The summed E-state index contributed by atoms with van der Waals surface area (Å²) >= 11 is 0. The Morgan fingerprint density at radius 3 is 2.05 bits per heavy atom. The van der Waals surface area contributed by atoms with Gasteiger partial charge in [0.2, 0.25) is 0 Å². The van der Waals surface area contributed by atoms with Crippen LogP contribution in [0.15, 0.2) is 18.2 Å². The zero-order chi connectivity index (χ0) is 14.7. The van der Waals surface area contributed by atoms with Crippen LogP contribution in [0, 0.1) is 0 Å². The SMILES string of the molecule is CCCCCc1ccc(C(F)(F)F)c(C(C)(C)C)c1. The fourth-order valence-corrected chi connectivity index (χ4v) is 2.19. The Kier molecular flexibility index (Phi) is 5.05. The second-order valence-corrected chi connectivity index (χ2v) is 6.08. The third-order valence-electron chi connectivity index (χ3n) is 3.27. The molecule has 1 aromatic rings. The van der Waals surface area contributed by atoms with Crippen molar-refractivity contribution in [3.05, 3.63) is 34.9 Å². The van der Waals surface area contributed by atoms with Gasteiger partial charge >= 0.3 is 6.18 Å². The minimum Gasteiger partial charge on any atom is -0.166 e. The molecular weight excluding hydrogens is 249 g/mol. The van der Waals surface area contributed by atoms with Crippen LogP contribution in [-0.4, -0.2) is 0 Å². The van der Waals surface area contributed by atoms with Gasteiger partial charge in [0.1, 0.15) is 0 Å². The third kappa shape index (κ3) is 4.55. The predicted octanol–water partition coefficient (Wildman–Crippen LogP) is 5.74. The van der Waals surface area contributed by atoms with E-state index < -0.39 is 17.2 Å². The summed E-state index contributed by atoms with van der Waals surface area (Å²) in [6, 6.07) is 4.59. The molecule has 19 heavy (non-hydrogen) atoms. The van der Waals surface area contributed by atoms with Crippen LogP contribution in [0.3, 0.4) is 0 Å². The minimum atomic E-state index is -4.27. The highest BCUT2D eigenvalue weighted by atomic mass is 19.4. The smallest absolute Gasteiger partial charge is 0.166 e. The first kappa shape index (κ1) is 16.1. The average Bonchev–Trinajstić information content (AvgIpc) is 2.26. The van der Waals surface area contributed by atoms with Gasteiger partial charge in [-0.3, -0.25) is 0 Å². The molecule has 1 rings (SSSR count). The van der Waals surface area contributed by atoms with Crippen LogP contribution in [-0.2, 0) is 18.0 Å². The van der Waals surface area contributed by atoms with Crippen molar-refractivity contribution < 1.29 is 13.2 Å². The molecule has 0 nitrogen and oxygen atoms in total. The maximum atomic E-state index is 13.0. The molecule has 0 saturated heterocycles. The summed E-state index contributed by atoms with van der Waals surface area (Å²) in [6.45, 7) is 7.60. The van der Waals surface area contributed by atoms with Crippen molar-refractivity contribution in [2.45, 2.75) is 65.0 Å². The van der Waals surface area contributed by atoms with Gasteiger partial charge in [-0.1, -0.05) is 52.7 Å². The summed E-state index contributed by atoms with van der Waals surface area (Å²) < 4.78 is 39.1. The maximum absolute atomic E-state index is 13.0. The molecule has 0 fully saturated rings. The Labute approximate surface area is 114 Å². The summed E-state index contributed by atoms with van der Waals surface area (Å²) in [5, 5.41) is 0. The number of benzene rings is 1. The van der Waals surface area contributed by atoms with Crippen LogP contribution in [0.4, 0.5) is 13.2 Å². The molecule has 0 aliphatic heterocycles. The molecule has 0 aromatic heterocycles. The molecule has 108 valence electrons. The fourth-order valence-electron chi connectivity index (χ4n) is 2.19. The Hall–Kier alpha value is -0.990. The van der Waals surface area contributed by atoms with Crippen molar-refractivity contribution in [1.82, 2.24) is 0 Å². The molecule has 0 aliphatic carbocycles. The van der Waals surface area contributed by atoms with Gasteiger partial charge in [0, 0.05) is 0 Å². The van der Waals surface area contributed by atoms with Gasteiger partial charge in [-0.25, -0.2) is 0 Å². The van der Waals surface area contributed by atoms with Crippen LogP contribution < -0.4 is 0 Å². The van der Waals surface area contributed by atoms with Gasteiger partial charge in [0.15, 0.2) is 0 Å². The molecule has 0 saturated carbocycles. The molecule has 0 unspecified atom stereocenters. The monoisotopic (exact) mass is 272 g/mol. The summed E-state index contributed by atoms with van der Waals surface area (Å²) in [5.74, 6) is 0. The number of halogens is 3. The lowest BCUT2D eigenvalue weighted by atomic mass is 9.82. The summed E-state index contributed by atoms with van der Waals surface area (Å²) in [7, 11) is 0. The van der Waals surface area contributed by atoms with E-state index in [2.05, 4.69) is 6.92 Å². The first-order valence-electron chi connectivity index (χ1n) is 6.87. The van der Waals surface area contributed by atoms with Crippen molar-refractivity contribution in [3.63, 3.8) is 0 Å². The second-order valence-electron chi connectivity index (χ2n) is 6.08. The van der Waals surface area contributed by atoms with E-state index in [4.69, 9.17) is 0 Å². The lowest BCUT2D eigenvalue weighted by molar-refractivity contribution is -0.138.